The Morgan fingerprint density at radius 2 is 2.00 bits per heavy atom. The Hall–Kier alpha value is -2.28. The number of piperidine rings is 1. The van der Waals surface area contributed by atoms with Crippen molar-refractivity contribution in [1.29, 1.82) is 0 Å². The predicted octanol–water partition coefficient (Wildman–Crippen LogP) is 2.17. The highest BCUT2D eigenvalue weighted by atomic mass is 19.2. The number of hydrogen-bond donors (Lipinski definition) is 1. The Labute approximate surface area is 138 Å². The number of nitrogens with zero attached hydrogens (tertiary/aromatic N) is 3. The summed E-state index contributed by atoms with van der Waals surface area (Å²) in [7, 11) is 0. The van der Waals surface area contributed by atoms with Gasteiger partial charge in [0.15, 0.2) is 11.6 Å². The zero-order valence-corrected chi connectivity index (χ0v) is 13.2. The molecule has 0 saturated carbocycles. The predicted molar refractivity (Wildman–Crippen MR) is 83.5 cm³/mol. The van der Waals surface area contributed by atoms with Gasteiger partial charge in [0.2, 0.25) is 0 Å². The van der Waals surface area contributed by atoms with Gasteiger partial charge in [0.25, 0.3) is 5.91 Å². The van der Waals surface area contributed by atoms with E-state index in [4.69, 9.17) is 5.11 Å². The Kier molecular flexibility index (Phi) is 4.89. The van der Waals surface area contributed by atoms with E-state index in [9.17, 15) is 13.6 Å². The van der Waals surface area contributed by atoms with E-state index >= 15 is 0 Å². The van der Waals surface area contributed by atoms with Gasteiger partial charge in [-0.2, -0.15) is 5.10 Å². The van der Waals surface area contributed by atoms with E-state index in [1.54, 1.807) is 15.8 Å². The van der Waals surface area contributed by atoms with Crippen molar-refractivity contribution in [2.45, 2.75) is 25.3 Å². The van der Waals surface area contributed by atoms with Crippen LogP contribution in [0.15, 0.2) is 30.5 Å². The molecule has 0 aliphatic carbocycles. The van der Waals surface area contributed by atoms with Crippen LogP contribution in [0.4, 0.5) is 8.78 Å². The summed E-state index contributed by atoms with van der Waals surface area (Å²) in [6.45, 7) is 1.41. The molecule has 3 rings (SSSR count). The molecule has 1 saturated heterocycles. The molecule has 128 valence electrons. The summed E-state index contributed by atoms with van der Waals surface area (Å²) in [5.41, 5.74) is 0.812. The van der Waals surface area contributed by atoms with Gasteiger partial charge >= 0.3 is 0 Å². The van der Waals surface area contributed by atoms with Crippen LogP contribution in [0.5, 0.6) is 0 Å². The van der Waals surface area contributed by atoms with Crippen molar-refractivity contribution in [3.05, 3.63) is 53.4 Å². The molecule has 2 aromatic rings. The molecule has 1 N–H and O–H groups in total. The molecular formula is C17H19F2N3O2. The second-order valence-electron chi connectivity index (χ2n) is 5.87. The van der Waals surface area contributed by atoms with Crippen molar-refractivity contribution in [1.82, 2.24) is 14.7 Å². The molecular weight excluding hydrogens is 316 g/mol. The van der Waals surface area contributed by atoms with Crippen LogP contribution in [0.25, 0.3) is 0 Å². The van der Waals surface area contributed by atoms with Gasteiger partial charge in [-0.3, -0.25) is 9.48 Å². The highest BCUT2D eigenvalue weighted by molar-refractivity contribution is 5.94. The Morgan fingerprint density at radius 1 is 1.25 bits per heavy atom. The molecule has 0 radical (unpaired) electrons. The minimum atomic E-state index is -1.09. The van der Waals surface area contributed by atoms with Crippen LogP contribution in [0, 0.1) is 11.6 Å². The molecule has 0 unspecified atom stereocenters. The smallest absolute Gasteiger partial charge is 0.256 e. The summed E-state index contributed by atoms with van der Waals surface area (Å²) in [5, 5.41) is 13.3. The van der Waals surface area contributed by atoms with Crippen molar-refractivity contribution in [2.24, 2.45) is 0 Å². The van der Waals surface area contributed by atoms with Gasteiger partial charge in [0.1, 0.15) is 0 Å². The summed E-state index contributed by atoms with van der Waals surface area (Å²) in [4.78, 5) is 14.0. The fourth-order valence-corrected chi connectivity index (χ4v) is 3.19. The van der Waals surface area contributed by atoms with E-state index in [1.807, 2.05) is 6.07 Å². The first-order chi connectivity index (χ1) is 11.6. The number of halogens is 2. The fraction of sp³-hybridized carbons (Fsp3) is 0.412. The Bertz CT molecular complexity index is 724. The molecule has 24 heavy (non-hydrogen) atoms. The molecule has 0 spiro atoms. The second-order valence-corrected chi connectivity index (χ2v) is 5.87. The van der Waals surface area contributed by atoms with Crippen molar-refractivity contribution in [3.8, 4) is 0 Å². The lowest BCUT2D eigenvalue weighted by atomic mass is 9.93. The number of carbonyl (C=O) groups is 1. The molecule has 0 bridgehead atoms. The number of rotatable bonds is 4. The molecule has 1 aromatic carbocycles. The summed E-state index contributed by atoms with van der Waals surface area (Å²) < 4.78 is 28.9. The number of hydrogen-bond acceptors (Lipinski definition) is 3. The normalized spacial score (nSPS) is 15.7. The van der Waals surface area contributed by atoms with Crippen molar-refractivity contribution in [2.75, 3.05) is 19.7 Å². The maximum absolute atomic E-state index is 13.8. The summed E-state index contributed by atoms with van der Waals surface area (Å²) in [6, 6.07) is 5.57. The first kappa shape index (κ1) is 16.6. The van der Waals surface area contributed by atoms with Crippen LogP contribution in [-0.2, 0) is 6.54 Å². The standard InChI is InChI=1S/C17H19F2N3O2/c18-14-3-1-2-13(16(14)19)17(24)21-8-5-12(6-9-21)15-4-7-20-22(15)10-11-23/h1-4,7,12,23H,5-6,8-11H2. The van der Waals surface area contributed by atoms with Crippen molar-refractivity contribution < 1.29 is 18.7 Å². The van der Waals surface area contributed by atoms with E-state index in [0.717, 1.165) is 24.6 Å². The maximum Gasteiger partial charge on any atom is 0.256 e. The molecule has 1 aliphatic heterocycles. The maximum atomic E-state index is 13.8. The third kappa shape index (κ3) is 3.17. The zero-order chi connectivity index (χ0) is 17.1. The zero-order valence-electron chi connectivity index (χ0n) is 13.2. The SMILES string of the molecule is O=C(c1cccc(F)c1F)N1CCC(c2ccnn2CCO)CC1. The van der Waals surface area contributed by atoms with Crippen LogP contribution in [0.2, 0.25) is 0 Å². The number of benzene rings is 1. The number of amides is 1. The minimum absolute atomic E-state index is 0.0187. The van der Waals surface area contributed by atoms with Crippen LogP contribution < -0.4 is 0 Å². The number of carbonyl (C=O) groups excluding carboxylic acids is 1. The summed E-state index contributed by atoms with van der Waals surface area (Å²) in [5.74, 6) is -2.34. The lowest BCUT2D eigenvalue weighted by Crippen LogP contribution is -2.38. The summed E-state index contributed by atoms with van der Waals surface area (Å²) >= 11 is 0. The molecule has 5 nitrogen and oxygen atoms in total. The molecule has 0 atom stereocenters. The van der Waals surface area contributed by atoms with E-state index < -0.39 is 17.5 Å². The lowest BCUT2D eigenvalue weighted by molar-refractivity contribution is 0.0705. The number of aliphatic hydroxyl groups excluding tert-OH is 1. The Morgan fingerprint density at radius 3 is 2.71 bits per heavy atom. The van der Waals surface area contributed by atoms with E-state index in [-0.39, 0.29) is 18.1 Å². The van der Waals surface area contributed by atoms with E-state index in [0.29, 0.717) is 19.6 Å². The van der Waals surface area contributed by atoms with Gasteiger partial charge in [-0.25, -0.2) is 8.78 Å². The summed E-state index contributed by atoms with van der Waals surface area (Å²) in [6.07, 6.45) is 3.14. The molecule has 1 fully saturated rings. The minimum Gasteiger partial charge on any atom is -0.394 e. The highest BCUT2D eigenvalue weighted by Gasteiger charge is 2.28. The van der Waals surface area contributed by atoms with Crippen LogP contribution in [-0.4, -0.2) is 45.4 Å². The average Bonchev–Trinajstić information content (AvgIpc) is 3.05. The van der Waals surface area contributed by atoms with Crippen molar-refractivity contribution >= 4 is 5.91 Å². The highest BCUT2D eigenvalue weighted by Crippen LogP contribution is 2.29. The lowest BCUT2D eigenvalue weighted by Gasteiger charge is -2.32. The average molecular weight is 335 g/mol. The second kappa shape index (κ2) is 7.09. The first-order valence-corrected chi connectivity index (χ1v) is 7.97. The Balaban J connectivity index is 1.67. The van der Waals surface area contributed by atoms with Gasteiger partial charge in [-0.15, -0.1) is 0 Å². The molecule has 7 heteroatoms. The largest absolute Gasteiger partial charge is 0.394 e. The van der Waals surface area contributed by atoms with Crippen LogP contribution >= 0.6 is 0 Å². The quantitative estimate of drug-likeness (QED) is 0.932. The first-order valence-electron chi connectivity index (χ1n) is 7.97. The van der Waals surface area contributed by atoms with Gasteiger partial charge in [0.05, 0.1) is 18.7 Å². The van der Waals surface area contributed by atoms with E-state index in [1.165, 1.54) is 12.1 Å². The monoisotopic (exact) mass is 335 g/mol. The molecule has 1 amide bonds. The van der Waals surface area contributed by atoms with E-state index in [2.05, 4.69) is 5.10 Å². The van der Waals surface area contributed by atoms with Crippen molar-refractivity contribution in [3.63, 3.8) is 0 Å². The molecule has 2 heterocycles. The van der Waals surface area contributed by atoms with Crippen LogP contribution in [0.1, 0.15) is 34.8 Å². The number of aliphatic hydroxyl groups is 1. The van der Waals surface area contributed by atoms with Gasteiger partial charge in [-0.05, 0) is 31.0 Å². The van der Waals surface area contributed by atoms with Crippen LogP contribution in [0.3, 0.4) is 0 Å². The van der Waals surface area contributed by atoms with Gasteiger partial charge in [0, 0.05) is 30.9 Å². The topological polar surface area (TPSA) is 58.4 Å². The molecule has 1 aliphatic rings. The third-order valence-corrected chi connectivity index (χ3v) is 4.44. The third-order valence-electron chi connectivity index (χ3n) is 4.44. The number of aromatic nitrogens is 2. The fourth-order valence-electron chi connectivity index (χ4n) is 3.19. The number of likely N-dealkylation sites (tertiary alicyclic amines) is 1. The van der Waals surface area contributed by atoms with Gasteiger partial charge < -0.3 is 10.0 Å². The molecule has 1 aromatic heterocycles. The van der Waals surface area contributed by atoms with Gasteiger partial charge in [-0.1, -0.05) is 6.07 Å².